The lowest BCUT2D eigenvalue weighted by Gasteiger charge is -2.35. The SMILES string of the molecule is Cl.O=C(CCC1CCNC1)N1CCN(C(=O)Cc2cccc(Cl)c2)CC1. The van der Waals surface area contributed by atoms with Crippen LogP contribution in [-0.2, 0) is 16.0 Å². The van der Waals surface area contributed by atoms with E-state index in [4.69, 9.17) is 11.6 Å². The summed E-state index contributed by atoms with van der Waals surface area (Å²) in [7, 11) is 0. The van der Waals surface area contributed by atoms with Gasteiger partial charge in [-0.1, -0.05) is 23.7 Å². The van der Waals surface area contributed by atoms with Gasteiger partial charge in [-0.2, -0.15) is 0 Å². The molecule has 1 N–H and O–H groups in total. The third kappa shape index (κ3) is 5.86. The summed E-state index contributed by atoms with van der Waals surface area (Å²) in [6.45, 7) is 4.64. The minimum absolute atomic E-state index is 0. The summed E-state index contributed by atoms with van der Waals surface area (Å²) in [6.07, 6.45) is 3.14. The van der Waals surface area contributed by atoms with Crippen molar-refractivity contribution in [2.75, 3.05) is 39.3 Å². The molecule has 1 unspecified atom stereocenters. The van der Waals surface area contributed by atoms with Crippen LogP contribution in [0.1, 0.15) is 24.8 Å². The van der Waals surface area contributed by atoms with E-state index >= 15 is 0 Å². The van der Waals surface area contributed by atoms with Gasteiger partial charge >= 0.3 is 0 Å². The van der Waals surface area contributed by atoms with Crippen LogP contribution < -0.4 is 5.32 Å². The first-order chi connectivity index (χ1) is 12.1. The van der Waals surface area contributed by atoms with Crippen molar-refractivity contribution in [2.24, 2.45) is 5.92 Å². The maximum atomic E-state index is 12.4. The summed E-state index contributed by atoms with van der Waals surface area (Å²) in [5.41, 5.74) is 0.932. The second kappa shape index (κ2) is 10.1. The number of rotatable bonds is 5. The highest BCUT2D eigenvalue weighted by Gasteiger charge is 2.25. The van der Waals surface area contributed by atoms with Crippen LogP contribution in [0.5, 0.6) is 0 Å². The number of halogens is 2. The van der Waals surface area contributed by atoms with Gasteiger partial charge in [0.05, 0.1) is 6.42 Å². The smallest absolute Gasteiger partial charge is 0.227 e. The summed E-state index contributed by atoms with van der Waals surface area (Å²) in [4.78, 5) is 28.5. The van der Waals surface area contributed by atoms with E-state index in [-0.39, 0.29) is 24.2 Å². The Hall–Kier alpha value is -1.30. The van der Waals surface area contributed by atoms with Crippen LogP contribution in [0, 0.1) is 5.92 Å². The number of hydrogen-bond donors (Lipinski definition) is 1. The molecule has 0 bridgehead atoms. The Morgan fingerprint density at radius 1 is 1.12 bits per heavy atom. The van der Waals surface area contributed by atoms with Gasteiger partial charge in [-0.3, -0.25) is 9.59 Å². The number of amides is 2. The van der Waals surface area contributed by atoms with E-state index in [1.165, 1.54) is 6.42 Å². The highest BCUT2D eigenvalue weighted by atomic mass is 35.5. The minimum Gasteiger partial charge on any atom is -0.339 e. The molecule has 1 aromatic rings. The van der Waals surface area contributed by atoms with Crippen LogP contribution in [0.4, 0.5) is 0 Å². The van der Waals surface area contributed by atoms with Gasteiger partial charge in [0.25, 0.3) is 0 Å². The van der Waals surface area contributed by atoms with E-state index in [2.05, 4.69) is 5.32 Å². The van der Waals surface area contributed by atoms with Gasteiger partial charge < -0.3 is 15.1 Å². The summed E-state index contributed by atoms with van der Waals surface area (Å²) < 4.78 is 0. The molecule has 2 amide bonds. The van der Waals surface area contributed by atoms with Crippen LogP contribution in [0.2, 0.25) is 5.02 Å². The summed E-state index contributed by atoms with van der Waals surface area (Å²) in [5.74, 6) is 0.977. The molecular formula is C19H27Cl2N3O2. The molecule has 0 spiro atoms. The number of piperazine rings is 1. The molecule has 2 aliphatic rings. The number of nitrogens with one attached hydrogen (secondary N) is 1. The fraction of sp³-hybridized carbons (Fsp3) is 0.579. The quantitative estimate of drug-likeness (QED) is 0.826. The Morgan fingerprint density at radius 3 is 2.42 bits per heavy atom. The Morgan fingerprint density at radius 2 is 1.81 bits per heavy atom. The van der Waals surface area contributed by atoms with Crippen LogP contribution >= 0.6 is 24.0 Å². The molecule has 144 valence electrons. The molecule has 2 saturated heterocycles. The van der Waals surface area contributed by atoms with E-state index in [1.807, 2.05) is 34.1 Å². The van der Waals surface area contributed by atoms with Gasteiger partial charge in [0.2, 0.25) is 11.8 Å². The fourth-order valence-electron chi connectivity index (χ4n) is 3.59. The number of carbonyl (C=O) groups excluding carboxylic acids is 2. The van der Waals surface area contributed by atoms with Crippen molar-refractivity contribution in [3.05, 3.63) is 34.9 Å². The monoisotopic (exact) mass is 399 g/mol. The van der Waals surface area contributed by atoms with E-state index in [9.17, 15) is 9.59 Å². The van der Waals surface area contributed by atoms with Crippen molar-refractivity contribution >= 4 is 35.8 Å². The predicted molar refractivity (Wildman–Crippen MR) is 106 cm³/mol. The summed E-state index contributed by atoms with van der Waals surface area (Å²) in [6, 6.07) is 7.42. The largest absolute Gasteiger partial charge is 0.339 e. The molecule has 5 nitrogen and oxygen atoms in total. The van der Waals surface area contributed by atoms with Gasteiger partial charge in [0, 0.05) is 37.6 Å². The maximum Gasteiger partial charge on any atom is 0.227 e. The molecule has 2 heterocycles. The van der Waals surface area contributed by atoms with E-state index in [1.54, 1.807) is 0 Å². The molecule has 0 aromatic heterocycles. The third-order valence-electron chi connectivity index (χ3n) is 5.16. The molecule has 26 heavy (non-hydrogen) atoms. The molecule has 0 radical (unpaired) electrons. The minimum atomic E-state index is 0. The van der Waals surface area contributed by atoms with Crippen molar-refractivity contribution < 1.29 is 9.59 Å². The molecule has 3 rings (SSSR count). The fourth-order valence-corrected chi connectivity index (χ4v) is 3.80. The number of carbonyl (C=O) groups is 2. The summed E-state index contributed by atoms with van der Waals surface area (Å²) >= 11 is 5.97. The lowest BCUT2D eigenvalue weighted by Crippen LogP contribution is -2.51. The lowest BCUT2D eigenvalue weighted by molar-refractivity contribution is -0.139. The average molecular weight is 400 g/mol. The summed E-state index contributed by atoms with van der Waals surface area (Å²) in [5, 5.41) is 3.99. The highest BCUT2D eigenvalue weighted by molar-refractivity contribution is 6.30. The second-order valence-corrected chi connectivity index (χ2v) is 7.40. The van der Waals surface area contributed by atoms with Gasteiger partial charge in [-0.25, -0.2) is 0 Å². The first kappa shape index (κ1) is 21.0. The normalized spacial score (nSPS) is 20.0. The first-order valence-electron chi connectivity index (χ1n) is 9.12. The molecule has 7 heteroatoms. The topological polar surface area (TPSA) is 52.7 Å². The predicted octanol–water partition coefficient (Wildman–Crippen LogP) is 2.36. The molecular weight excluding hydrogens is 373 g/mol. The Kier molecular flexibility index (Phi) is 8.19. The van der Waals surface area contributed by atoms with Crippen LogP contribution in [0.15, 0.2) is 24.3 Å². The van der Waals surface area contributed by atoms with Crippen LogP contribution in [-0.4, -0.2) is 60.9 Å². The average Bonchev–Trinajstić information content (AvgIpc) is 3.13. The zero-order chi connectivity index (χ0) is 17.6. The standard InChI is InChI=1S/C19H26ClN3O2.ClH/c20-17-3-1-2-16(12-17)13-19(25)23-10-8-22(9-11-23)18(24)5-4-15-6-7-21-14-15;/h1-3,12,15,21H,4-11,13-14H2;1H. The number of hydrogen-bond acceptors (Lipinski definition) is 3. The Labute approximate surface area is 166 Å². The van der Waals surface area contributed by atoms with Crippen molar-refractivity contribution in [1.82, 2.24) is 15.1 Å². The van der Waals surface area contributed by atoms with Gasteiger partial charge in [-0.05, 0) is 49.5 Å². The third-order valence-corrected chi connectivity index (χ3v) is 5.39. The number of nitrogens with zero attached hydrogens (tertiary/aromatic N) is 2. The van der Waals surface area contributed by atoms with E-state index in [0.717, 1.165) is 25.1 Å². The van der Waals surface area contributed by atoms with Crippen LogP contribution in [0.25, 0.3) is 0 Å². The highest BCUT2D eigenvalue weighted by Crippen LogP contribution is 2.16. The van der Waals surface area contributed by atoms with Crippen molar-refractivity contribution in [3.63, 3.8) is 0 Å². The molecule has 0 saturated carbocycles. The van der Waals surface area contributed by atoms with E-state index in [0.29, 0.717) is 50.0 Å². The van der Waals surface area contributed by atoms with Gasteiger partial charge in [0.1, 0.15) is 0 Å². The van der Waals surface area contributed by atoms with Crippen LogP contribution in [0.3, 0.4) is 0 Å². The van der Waals surface area contributed by atoms with Crippen molar-refractivity contribution in [1.29, 1.82) is 0 Å². The molecule has 1 atom stereocenters. The molecule has 2 aliphatic heterocycles. The van der Waals surface area contributed by atoms with E-state index < -0.39 is 0 Å². The van der Waals surface area contributed by atoms with Crippen molar-refractivity contribution in [3.8, 4) is 0 Å². The number of benzene rings is 1. The Bertz CT molecular complexity index is 613. The lowest BCUT2D eigenvalue weighted by atomic mass is 10.0. The molecule has 2 fully saturated rings. The first-order valence-corrected chi connectivity index (χ1v) is 9.50. The van der Waals surface area contributed by atoms with Gasteiger partial charge in [0.15, 0.2) is 0 Å². The zero-order valence-corrected chi connectivity index (χ0v) is 16.5. The molecule has 0 aliphatic carbocycles. The van der Waals surface area contributed by atoms with Crippen molar-refractivity contribution in [2.45, 2.75) is 25.7 Å². The zero-order valence-electron chi connectivity index (χ0n) is 15.0. The molecule has 1 aromatic carbocycles. The maximum absolute atomic E-state index is 12.4. The van der Waals surface area contributed by atoms with Gasteiger partial charge in [-0.15, -0.1) is 12.4 Å². The second-order valence-electron chi connectivity index (χ2n) is 6.97. The Balaban J connectivity index is 0.00000243.